The van der Waals surface area contributed by atoms with Crippen molar-refractivity contribution in [3.8, 4) is 6.07 Å². The van der Waals surface area contributed by atoms with Gasteiger partial charge in [-0.15, -0.1) is 0 Å². The summed E-state index contributed by atoms with van der Waals surface area (Å²) in [4.78, 5) is 17.0. The third-order valence-electron chi connectivity index (χ3n) is 5.28. The number of nitrogens with one attached hydrogen (secondary N) is 1. The van der Waals surface area contributed by atoms with Crippen LogP contribution in [0.3, 0.4) is 0 Å². The van der Waals surface area contributed by atoms with E-state index in [-0.39, 0.29) is 6.03 Å². The zero-order chi connectivity index (χ0) is 16.9. The van der Waals surface area contributed by atoms with E-state index >= 15 is 0 Å². The molecule has 0 unspecified atom stereocenters. The van der Waals surface area contributed by atoms with Crippen LogP contribution in [0.1, 0.15) is 30.4 Å². The molecular weight excluding hydrogens is 300 g/mol. The summed E-state index contributed by atoms with van der Waals surface area (Å²) in [6.07, 6.45) is 4.18. The summed E-state index contributed by atoms with van der Waals surface area (Å²) in [6, 6.07) is 10.2. The number of piperidine rings is 2. The second-order valence-corrected chi connectivity index (χ2v) is 7.01. The van der Waals surface area contributed by atoms with Gasteiger partial charge in [0.15, 0.2) is 0 Å². The van der Waals surface area contributed by atoms with Crippen LogP contribution in [0.5, 0.6) is 0 Å². The Morgan fingerprint density at radius 2 is 2.25 bits per heavy atom. The number of nitriles is 1. The molecule has 2 heterocycles. The average molecular weight is 326 g/mol. The number of carbonyl (C=O) groups excluding carboxylic acids is 1. The van der Waals surface area contributed by atoms with Crippen LogP contribution in [0.4, 0.5) is 4.79 Å². The number of hydrogen-bond acceptors (Lipinski definition) is 3. The van der Waals surface area contributed by atoms with Crippen molar-refractivity contribution in [3.63, 3.8) is 0 Å². The maximum Gasteiger partial charge on any atom is 0.317 e. The molecule has 2 amide bonds. The molecule has 0 aliphatic carbocycles. The van der Waals surface area contributed by atoms with Crippen molar-refractivity contribution in [2.24, 2.45) is 5.92 Å². The second-order valence-electron chi connectivity index (χ2n) is 7.01. The van der Waals surface area contributed by atoms with Crippen LogP contribution < -0.4 is 5.32 Å². The molecular formula is C19H26N4O. The number of nitrogens with zero attached hydrogens (tertiary/aromatic N) is 3. The molecule has 0 aromatic heterocycles. The fourth-order valence-electron chi connectivity index (χ4n) is 4.05. The van der Waals surface area contributed by atoms with Crippen molar-refractivity contribution >= 4 is 6.03 Å². The molecule has 5 heteroatoms. The minimum atomic E-state index is 0.0747. The summed E-state index contributed by atoms with van der Waals surface area (Å²) >= 11 is 0. The number of likely N-dealkylation sites (tertiary alicyclic amines) is 2. The van der Waals surface area contributed by atoms with E-state index < -0.39 is 0 Å². The number of benzene rings is 1. The lowest BCUT2D eigenvalue weighted by molar-refractivity contribution is 0.0534. The van der Waals surface area contributed by atoms with Gasteiger partial charge in [-0.1, -0.05) is 12.1 Å². The highest BCUT2D eigenvalue weighted by Crippen LogP contribution is 2.29. The highest BCUT2D eigenvalue weighted by Gasteiger charge is 2.37. The van der Waals surface area contributed by atoms with Crippen LogP contribution >= 0.6 is 0 Å². The van der Waals surface area contributed by atoms with E-state index in [1.165, 1.54) is 6.42 Å². The van der Waals surface area contributed by atoms with Gasteiger partial charge >= 0.3 is 6.03 Å². The van der Waals surface area contributed by atoms with Crippen molar-refractivity contribution in [1.29, 1.82) is 5.26 Å². The van der Waals surface area contributed by atoms with E-state index in [0.29, 0.717) is 24.1 Å². The van der Waals surface area contributed by atoms with Gasteiger partial charge in [-0.05, 0) is 62.9 Å². The van der Waals surface area contributed by atoms with Crippen LogP contribution in [0, 0.1) is 17.2 Å². The van der Waals surface area contributed by atoms with E-state index in [2.05, 4.69) is 28.2 Å². The summed E-state index contributed by atoms with van der Waals surface area (Å²) in [5, 5.41) is 12.0. The second kappa shape index (κ2) is 7.67. The first kappa shape index (κ1) is 16.8. The summed E-state index contributed by atoms with van der Waals surface area (Å²) in [5.74, 6) is 0.621. The normalized spacial score (nSPS) is 24.1. The molecule has 2 aliphatic rings. The van der Waals surface area contributed by atoms with Gasteiger partial charge in [0.05, 0.1) is 11.6 Å². The van der Waals surface area contributed by atoms with Gasteiger partial charge in [-0.25, -0.2) is 4.79 Å². The minimum Gasteiger partial charge on any atom is -0.338 e. The van der Waals surface area contributed by atoms with Crippen molar-refractivity contribution < 1.29 is 4.79 Å². The minimum absolute atomic E-state index is 0.0747. The average Bonchev–Trinajstić information content (AvgIpc) is 2.61. The zero-order valence-electron chi connectivity index (χ0n) is 14.4. The van der Waals surface area contributed by atoms with E-state index in [4.69, 9.17) is 5.26 Å². The molecule has 24 heavy (non-hydrogen) atoms. The van der Waals surface area contributed by atoms with E-state index in [1.807, 2.05) is 18.2 Å². The SMILES string of the molecule is CN1CC[C@H]2[C@@H](CCCN2C(=O)NCCc2cccc(C#N)c2)C1. The Morgan fingerprint density at radius 1 is 1.38 bits per heavy atom. The number of urea groups is 1. The number of amides is 2. The predicted molar refractivity (Wildman–Crippen MR) is 93.6 cm³/mol. The van der Waals surface area contributed by atoms with Crippen molar-refractivity contribution in [2.45, 2.75) is 31.7 Å². The highest BCUT2D eigenvalue weighted by atomic mass is 16.2. The zero-order valence-corrected chi connectivity index (χ0v) is 14.4. The Hall–Kier alpha value is -2.06. The van der Waals surface area contributed by atoms with Crippen LogP contribution in [0.15, 0.2) is 24.3 Å². The molecule has 0 saturated carbocycles. The molecule has 1 aromatic rings. The third kappa shape index (κ3) is 3.88. The van der Waals surface area contributed by atoms with Crippen LogP contribution in [0.25, 0.3) is 0 Å². The van der Waals surface area contributed by atoms with E-state index in [9.17, 15) is 4.79 Å². The summed E-state index contributed by atoms with van der Waals surface area (Å²) in [7, 11) is 2.17. The summed E-state index contributed by atoms with van der Waals surface area (Å²) in [6.45, 7) is 3.67. The van der Waals surface area contributed by atoms with Crippen LogP contribution in [-0.4, -0.2) is 55.1 Å². The molecule has 128 valence electrons. The first-order chi connectivity index (χ1) is 11.7. The quantitative estimate of drug-likeness (QED) is 0.926. The molecule has 1 N–H and O–H groups in total. The number of carbonyl (C=O) groups is 1. The fraction of sp³-hybridized carbons (Fsp3) is 0.579. The standard InChI is InChI=1S/C19H26N4O/c1-22-11-8-18-17(14-22)6-3-10-23(18)19(24)21-9-7-15-4-2-5-16(12-15)13-20/h2,4-5,12,17-18H,3,6-11,14H2,1H3,(H,21,24)/t17-,18-/m0/s1. The lowest BCUT2D eigenvalue weighted by Crippen LogP contribution is -2.57. The first-order valence-corrected chi connectivity index (χ1v) is 8.89. The van der Waals surface area contributed by atoms with Crippen molar-refractivity contribution in [2.75, 3.05) is 33.2 Å². The van der Waals surface area contributed by atoms with E-state index in [0.717, 1.165) is 44.5 Å². The Labute approximate surface area is 144 Å². The molecule has 0 radical (unpaired) electrons. The fourth-order valence-corrected chi connectivity index (χ4v) is 4.05. The van der Waals surface area contributed by atoms with Gasteiger partial charge in [0.2, 0.25) is 0 Å². The Kier molecular flexibility index (Phi) is 5.37. The van der Waals surface area contributed by atoms with Crippen molar-refractivity contribution in [1.82, 2.24) is 15.1 Å². The van der Waals surface area contributed by atoms with Gasteiger partial charge in [0.1, 0.15) is 0 Å². The van der Waals surface area contributed by atoms with Crippen LogP contribution in [0.2, 0.25) is 0 Å². The Balaban J connectivity index is 1.52. The number of fused-ring (bicyclic) bond motifs is 1. The largest absolute Gasteiger partial charge is 0.338 e. The lowest BCUT2D eigenvalue weighted by Gasteiger charge is -2.46. The molecule has 0 bridgehead atoms. The topological polar surface area (TPSA) is 59.4 Å². The molecule has 2 fully saturated rings. The van der Waals surface area contributed by atoms with Crippen molar-refractivity contribution in [3.05, 3.63) is 35.4 Å². The highest BCUT2D eigenvalue weighted by molar-refractivity contribution is 5.74. The maximum atomic E-state index is 12.6. The van der Waals surface area contributed by atoms with Gasteiger partial charge in [-0.2, -0.15) is 5.26 Å². The van der Waals surface area contributed by atoms with E-state index in [1.54, 1.807) is 6.07 Å². The smallest absolute Gasteiger partial charge is 0.317 e. The molecule has 0 spiro atoms. The first-order valence-electron chi connectivity index (χ1n) is 8.89. The summed E-state index contributed by atoms with van der Waals surface area (Å²) in [5.41, 5.74) is 1.76. The molecule has 2 aliphatic heterocycles. The molecule has 5 nitrogen and oxygen atoms in total. The monoisotopic (exact) mass is 326 g/mol. The maximum absolute atomic E-state index is 12.6. The Morgan fingerprint density at radius 3 is 3.08 bits per heavy atom. The number of hydrogen-bond donors (Lipinski definition) is 1. The van der Waals surface area contributed by atoms with Gasteiger partial charge < -0.3 is 15.1 Å². The predicted octanol–water partition coefficient (Wildman–Crippen LogP) is 2.23. The Bertz CT molecular complexity index is 624. The third-order valence-corrected chi connectivity index (χ3v) is 5.28. The summed E-state index contributed by atoms with van der Waals surface area (Å²) < 4.78 is 0. The van der Waals surface area contributed by atoms with Gasteiger partial charge in [-0.3, -0.25) is 0 Å². The van der Waals surface area contributed by atoms with Gasteiger partial charge in [0, 0.05) is 25.7 Å². The molecule has 3 rings (SSSR count). The number of rotatable bonds is 3. The lowest BCUT2D eigenvalue weighted by atomic mass is 9.84. The van der Waals surface area contributed by atoms with Gasteiger partial charge in [0.25, 0.3) is 0 Å². The molecule has 1 aromatic carbocycles. The van der Waals surface area contributed by atoms with Crippen LogP contribution in [-0.2, 0) is 6.42 Å². The molecule has 2 saturated heterocycles. The molecule has 2 atom stereocenters.